The molecular formula is C14H19N3O. The monoisotopic (exact) mass is 245 g/mol. The molecule has 0 radical (unpaired) electrons. The number of carbonyl (C=O) groups is 1. The number of nitrogens with zero attached hydrogens (tertiary/aromatic N) is 3. The molecule has 0 atom stereocenters. The maximum absolute atomic E-state index is 11.8. The standard InChI is InChI=1S/C14H19N3O/c1-11(2)14(18)13-4-6-16(10-13)8-9-17-7-5-15-12(17)3/h4-7,10-11H,8-9H2,1-3H3. The van der Waals surface area contributed by atoms with Crippen LogP contribution < -0.4 is 0 Å². The van der Waals surface area contributed by atoms with Crippen molar-refractivity contribution in [2.45, 2.75) is 33.9 Å². The first-order chi connectivity index (χ1) is 8.58. The van der Waals surface area contributed by atoms with E-state index in [4.69, 9.17) is 0 Å². The van der Waals surface area contributed by atoms with Crippen LogP contribution in [-0.2, 0) is 13.1 Å². The molecule has 0 aliphatic rings. The molecule has 0 aliphatic carbocycles. The fraction of sp³-hybridized carbons (Fsp3) is 0.429. The van der Waals surface area contributed by atoms with Crippen molar-refractivity contribution in [3.05, 3.63) is 42.2 Å². The summed E-state index contributed by atoms with van der Waals surface area (Å²) in [5.74, 6) is 1.27. The topological polar surface area (TPSA) is 39.8 Å². The quantitative estimate of drug-likeness (QED) is 0.759. The van der Waals surface area contributed by atoms with Crippen LogP contribution in [0.4, 0.5) is 0 Å². The van der Waals surface area contributed by atoms with Gasteiger partial charge in [-0.1, -0.05) is 13.8 Å². The number of rotatable bonds is 5. The zero-order chi connectivity index (χ0) is 13.1. The third-order valence-corrected chi connectivity index (χ3v) is 3.08. The van der Waals surface area contributed by atoms with Gasteiger partial charge in [0.25, 0.3) is 0 Å². The second-order valence-corrected chi connectivity index (χ2v) is 4.82. The van der Waals surface area contributed by atoms with Gasteiger partial charge >= 0.3 is 0 Å². The van der Waals surface area contributed by atoms with Gasteiger partial charge in [-0.05, 0) is 13.0 Å². The highest BCUT2D eigenvalue weighted by atomic mass is 16.1. The Kier molecular flexibility index (Phi) is 3.65. The van der Waals surface area contributed by atoms with Crippen molar-refractivity contribution in [2.24, 2.45) is 5.92 Å². The lowest BCUT2D eigenvalue weighted by Crippen LogP contribution is -2.08. The smallest absolute Gasteiger partial charge is 0.166 e. The molecule has 0 amide bonds. The van der Waals surface area contributed by atoms with Crippen LogP contribution in [-0.4, -0.2) is 19.9 Å². The Morgan fingerprint density at radius 1 is 1.33 bits per heavy atom. The molecule has 2 heterocycles. The van der Waals surface area contributed by atoms with Gasteiger partial charge in [-0.3, -0.25) is 4.79 Å². The number of hydrogen-bond donors (Lipinski definition) is 0. The summed E-state index contributed by atoms with van der Waals surface area (Å²) < 4.78 is 4.15. The molecule has 0 N–H and O–H groups in total. The highest BCUT2D eigenvalue weighted by Crippen LogP contribution is 2.09. The van der Waals surface area contributed by atoms with E-state index in [2.05, 4.69) is 14.1 Å². The molecular weight excluding hydrogens is 226 g/mol. The van der Waals surface area contributed by atoms with Crippen LogP contribution in [0.2, 0.25) is 0 Å². The third kappa shape index (κ3) is 2.70. The minimum Gasteiger partial charge on any atom is -0.352 e. The first-order valence-electron chi connectivity index (χ1n) is 6.25. The zero-order valence-corrected chi connectivity index (χ0v) is 11.1. The van der Waals surface area contributed by atoms with Crippen molar-refractivity contribution in [1.29, 1.82) is 0 Å². The Morgan fingerprint density at radius 2 is 2.11 bits per heavy atom. The lowest BCUT2D eigenvalue weighted by atomic mass is 10.0. The fourth-order valence-electron chi connectivity index (χ4n) is 1.92. The van der Waals surface area contributed by atoms with Crippen LogP contribution in [0, 0.1) is 12.8 Å². The first-order valence-corrected chi connectivity index (χ1v) is 6.25. The van der Waals surface area contributed by atoms with Gasteiger partial charge in [0.1, 0.15) is 5.82 Å². The summed E-state index contributed by atoms with van der Waals surface area (Å²) in [5.41, 5.74) is 0.798. The van der Waals surface area contributed by atoms with E-state index in [1.54, 1.807) is 6.20 Å². The average Bonchev–Trinajstić information content (AvgIpc) is 2.94. The molecule has 0 aromatic carbocycles. The van der Waals surface area contributed by atoms with Crippen LogP contribution in [0.5, 0.6) is 0 Å². The summed E-state index contributed by atoms with van der Waals surface area (Å²) in [6.07, 6.45) is 7.66. The number of ketones is 1. The van der Waals surface area contributed by atoms with Gasteiger partial charge in [-0.25, -0.2) is 4.98 Å². The second kappa shape index (κ2) is 5.21. The van der Waals surface area contributed by atoms with E-state index >= 15 is 0 Å². The number of Topliss-reactive ketones (excluding diaryl/α,β-unsaturated/α-hetero) is 1. The highest BCUT2D eigenvalue weighted by Gasteiger charge is 2.11. The molecule has 0 saturated heterocycles. The van der Waals surface area contributed by atoms with Gasteiger partial charge in [0.05, 0.1) is 0 Å². The minimum absolute atomic E-state index is 0.0525. The van der Waals surface area contributed by atoms with Crippen LogP contribution in [0.1, 0.15) is 30.0 Å². The summed E-state index contributed by atoms with van der Waals surface area (Å²) in [6.45, 7) is 7.56. The molecule has 96 valence electrons. The summed E-state index contributed by atoms with van der Waals surface area (Å²) in [6, 6.07) is 1.89. The molecule has 0 bridgehead atoms. The van der Waals surface area contributed by atoms with Crippen LogP contribution >= 0.6 is 0 Å². The molecule has 18 heavy (non-hydrogen) atoms. The zero-order valence-electron chi connectivity index (χ0n) is 11.1. The molecule has 0 aliphatic heterocycles. The van der Waals surface area contributed by atoms with Gasteiger partial charge in [0.15, 0.2) is 5.78 Å². The highest BCUT2D eigenvalue weighted by molar-refractivity contribution is 5.97. The van der Waals surface area contributed by atoms with Crippen molar-refractivity contribution >= 4 is 5.78 Å². The molecule has 4 nitrogen and oxygen atoms in total. The third-order valence-electron chi connectivity index (χ3n) is 3.08. The fourth-order valence-corrected chi connectivity index (χ4v) is 1.92. The number of aryl methyl sites for hydroxylation is 3. The first kappa shape index (κ1) is 12.6. The van der Waals surface area contributed by atoms with E-state index in [1.165, 1.54) is 0 Å². The van der Waals surface area contributed by atoms with E-state index in [0.29, 0.717) is 0 Å². The average molecular weight is 245 g/mol. The lowest BCUT2D eigenvalue weighted by Gasteiger charge is -2.06. The molecule has 4 heteroatoms. The van der Waals surface area contributed by atoms with Gasteiger partial charge < -0.3 is 9.13 Å². The summed E-state index contributed by atoms with van der Waals surface area (Å²) in [5, 5.41) is 0. The molecule has 2 rings (SSSR count). The van der Waals surface area contributed by atoms with Crippen LogP contribution in [0.3, 0.4) is 0 Å². The number of carbonyl (C=O) groups excluding carboxylic acids is 1. The maximum atomic E-state index is 11.8. The largest absolute Gasteiger partial charge is 0.352 e. The molecule has 0 unspecified atom stereocenters. The SMILES string of the molecule is Cc1nccn1CCn1ccc(C(=O)C(C)C)c1. The Bertz CT molecular complexity index is 537. The van der Waals surface area contributed by atoms with E-state index in [-0.39, 0.29) is 11.7 Å². The number of hydrogen-bond acceptors (Lipinski definition) is 2. The van der Waals surface area contributed by atoms with E-state index in [1.807, 2.05) is 45.4 Å². The molecule has 0 saturated carbocycles. The second-order valence-electron chi connectivity index (χ2n) is 4.82. The molecule has 0 spiro atoms. The van der Waals surface area contributed by atoms with Crippen molar-refractivity contribution in [3.63, 3.8) is 0 Å². The normalized spacial score (nSPS) is 11.1. The predicted molar refractivity (Wildman–Crippen MR) is 70.6 cm³/mol. The summed E-state index contributed by atoms with van der Waals surface area (Å²) in [7, 11) is 0. The Balaban J connectivity index is 1.99. The predicted octanol–water partition coefficient (Wildman–Crippen LogP) is 2.53. The summed E-state index contributed by atoms with van der Waals surface area (Å²) >= 11 is 0. The van der Waals surface area contributed by atoms with Crippen LogP contribution in [0.15, 0.2) is 30.9 Å². The maximum Gasteiger partial charge on any atom is 0.166 e. The lowest BCUT2D eigenvalue weighted by molar-refractivity contribution is 0.0939. The molecule has 2 aromatic rings. The number of aromatic nitrogens is 3. The van der Waals surface area contributed by atoms with Crippen molar-refractivity contribution in [1.82, 2.24) is 14.1 Å². The molecule has 0 fully saturated rings. The Hall–Kier alpha value is -1.84. The summed E-state index contributed by atoms with van der Waals surface area (Å²) in [4.78, 5) is 16.0. The Labute approximate surface area is 107 Å². The van der Waals surface area contributed by atoms with Gasteiger partial charge in [-0.2, -0.15) is 0 Å². The van der Waals surface area contributed by atoms with Gasteiger partial charge in [0, 0.05) is 49.4 Å². The van der Waals surface area contributed by atoms with E-state index in [9.17, 15) is 4.79 Å². The van der Waals surface area contributed by atoms with Crippen molar-refractivity contribution in [3.8, 4) is 0 Å². The van der Waals surface area contributed by atoms with E-state index < -0.39 is 0 Å². The van der Waals surface area contributed by atoms with Gasteiger partial charge in [-0.15, -0.1) is 0 Å². The van der Waals surface area contributed by atoms with E-state index in [0.717, 1.165) is 24.5 Å². The van der Waals surface area contributed by atoms with Crippen molar-refractivity contribution < 1.29 is 4.79 Å². The number of imidazole rings is 1. The molecule has 2 aromatic heterocycles. The van der Waals surface area contributed by atoms with Crippen molar-refractivity contribution in [2.75, 3.05) is 0 Å². The Morgan fingerprint density at radius 3 is 2.72 bits per heavy atom. The minimum atomic E-state index is 0.0525. The van der Waals surface area contributed by atoms with Crippen LogP contribution in [0.25, 0.3) is 0 Å². The van der Waals surface area contributed by atoms with Gasteiger partial charge in [0.2, 0.25) is 0 Å².